The van der Waals surface area contributed by atoms with Crippen molar-refractivity contribution in [2.24, 2.45) is 16.6 Å². The maximum absolute atomic E-state index is 6.02. The molecule has 0 radical (unpaired) electrons. The van der Waals surface area contributed by atoms with Gasteiger partial charge in [0.15, 0.2) is 0 Å². The molecule has 2 N–H and O–H groups in total. The molecule has 2 nitrogen and oxygen atoms in total. The molecule has 15 heavy (non-hydrogen) atoms. The van der Waals surface area contributed by atoms with E-state index in [2.05, 4.69) is 18.8 Å². The van der Waals surface area contributed by atoms with Gasteiger partial charge in [-0.1, -0.05) is 27.7 Å². The van der Waals surface area contributed by atoms with Gasteiger partial charge in [0.2, 0.25) is 0 Å². The molecule has 1 aliphatic heterocycles. The Labute approximate surface area is 99.6 Å². The maximum Gasteiger partial charge on any atom is 0.0698 e. The van der Waals surface area contributed by atoms with E-state index in [9.17, 15) is 0 Å². The van der Waals surface area contributed by atoms with Crippen molar-refractivity contribution in [3.8, 4) is 0 Å². The monoisotopic (exact) mass is 230 g/mol. The van der Waals surface area contributed by atoms with Gasteiger partial charge in [-0.15, -0.1) is 11.8 Å². The zero-order valence-electron chi connectivity index (χ0n) is 10.4. The lowest BCUT2D eigenvalue weighted by atomic mass is 10.0. The van der Waals surface area contributed by atoms with Gasteiger partial charge in [-0.3, -0.25) is 4.99 Å². The second-order valence-electron chi connectivity index (χ2n) is 4.58. The standard InChI is InChI=1S/C10H18N2S.C2H6.H2/c1-6(2)3-7(11)4-10-12-8-5-9(8)13-10;1-2;/h6-9H,3-5,11H2,1-2H3;1-2H3;1H. The van der Waals surface area contributed by atoms with Crippen molar-refractivity contribution in [3.63, 3.8) is 0 Å². The van der Waals surface area contributed by atoms with Crippen LogP contribution in [0.3, 0.4) is 0 Å². The highest BCUT2D eigenvalue weighted by Crippen LogP contribution is 2.45. The molecule has 1 saturated carbocycles. The third-order valence-electron chi connectivity index (χ3n) is 2.51. The summed E-state index contributed by atoms with van der Waals surface area (Å²) in [7, 11) is 0. The van der Waals surface area contributed by atoms with Gasteiger partial charge in [0.25, 0.3) is 0 Å². The third kappa shape index (κ3) is 4.15. The Morgan fingerprint density at radius 1 is 1.53 bits per heavy atom. The number of hydrogen-bond acceptors (Lipinski definition) is 3. The smallest absolute Gasteiger partial charge is 0.0698 e. The van der Waals surface area contributed by atoms with Crippen molar-refractivity contribution in [3.05, 3.63) is 0 Å². The molecule has 1 aliphatic carbocycles. The third-order valence-corrected chi connectivity index (χ3v) is 3.86. The van der Waals surface area contributed by atoms with E-state index >= 15 is 0 Å². The number of hydrogen-bond donors (Lipinski definition) is 1. The molecule has 1 fully saturated rings. The van der Waals surface area contributed by atoms with Crippen molar-refractivity contribution in [1.29, 1.82) is 0 Å². The number of thioether (sulfide) groups is 1. The fourth-order valence-electron chi connectivity index (χ4n) is 1.83. The first kappa shape index (κ1) is 13.0. The Bertz CT molecular complexity index is 231. The molecule has 3 atom stereocenters. The lowest BCUT2D eigenvalue weighted by Gasteiger charge is -2.13. The van der Waals surface area contributed by atoms with E-state index in [1.165, 1.54) is 11.5 Å². The molecule has 1 heterocycles. The fourth-order valence-corrected chi connectivity index (χ4v) is 3.19. The van der Waals surface area contributed by atoms with Crippen LogP contribution < -0.4 is 5.73 Å². The molecule has 0 aromatic carbocycles. The van der Waals surface area contributed by atoms with Crippen LogP contribution in [0.2, 0.25) is 0 Å². The van der Waals surface area contributed by atoms with Crippen molar-refractivity contribution < 1.29 is 1.43 Å². The van der Waals surface area contributed by atoms with Crippen LogP contribution in [0.1, 0.15) is 48.4 Å². The van der Waals surface area contributed by atoms with E-state index in [4.69, 9.17) is 5.73 Å². The summed E-state index contributed by atoms with van der Waals surface area (Å²) in [5, 5.41) is 2.15. The predicted molar refractivity (Wildman–Crippen MR) is 72.7 cm³/mol. The zero-order chi connectivity index (χ0) is 11.4. The second kappa shape index (κ2) is 5.90. The molecule has 0 aromatic heterocycles. The molecule has 0 spiro atoms. The van der Waals surface area contributed by atoms with E-state index in [-0.39, 0.29) is 1.43 Å². The summed E-state index contributed by atoms with van der Waals surface area (Å²) in [5.74, 6) is 0.705. The summed E-state index contributed by atoms with van der Waals surface area (Å²) in [6.07, 6.45) is 3.44. The lowest BCUT2D eigenvalue weighted by Crippen LogP contribution is -2.24. The first-order valence-corrected chi connectivity index (χ1v) is 7.02. The van der Waals surface area contributed by atoms with Crippen LogP contribution in [0, 0.1) is 5.92 Å². The van der Waals surface area contributed by atoms with Gasteiger partial charge in [-0.25, -0.2) is 0 Å². The van der Waals surface area contributed by atoms with E-state index < -0.39 is 0 Å². The Hall–Kier alpha value is -0.0200. The molecular weight excluding hydrogens is 204 g/mol. The van der Waals surface area contributed by atoms with Crippen LogP contribution in [0.25, 0.3) is 0 Å². The molecule has 3 heteroatoms. The van der Waals surface area contributed by atoms with Crippen LogP contribution in [-0.4, -0.2) is 22.4 Å². The van der Waals surface area contributed by atoms with Crippen molar-refractivity contribution in [2.75, 3.05) is 0 Å². The van der Waals surface area contributed by atoms with Gasteiger partial charge in [-0.2, -0.15) is 0 Å². The molecule has 0 bridgehead atoms. The summed E-state index contributed by atoms with van der Waals surface area (Å²) in [6, 6.07) is 0.995. The van der Waals surface area contributed by atoms with Gasteiger partial charge < -0.3 is 5.73 Å². The normalized spacial score (nSPS) is 29.1. The molecule has 0 amide bonds. The highest BCUT2D eigenvalue weighted by Gasteiger charge is 2.43. The van der Waals surface area contributed by atoms with Crippen LogP contribution in [0.5, 0.6) is 0 Å². The number of rotatable bonds is 4. The second-order valence-corrected chi connectivity index (χ2v) is 5.89. The fraction of sp³-hybridized carbons (Fsp3) is 0.917. The molecule has 3 unspecified atom stereocenters. The first-order chi connectivity index (χ1) is 7.15. The lowest BCUT2D eigenvalue weighted by molar-refractivity contribution is 0.506. The van der Waals surface area contributed by atoms with E-state index in [1.807, 2.05) is 25.6 Å². The number of nitrogens with two attached hydrogens (primary N) is 1. The molecule has 0 saturated heterocycles. The van der Waals surface area contributed by atoms with Gasteiger partial charge >= 0.3 is 0 Å². The largest absolute Gasteiger partial charge is 0.327 e. The maximum atomic E-state index is 6.02. The molecule has 2 rings (SSSR count). The highest BCUT2D eigenvalue weighted by molar-refractivity contribution is 8.15. The summed E-state index contributed by atoms with van der Waals surface area (Å²) in [4.78, 5) is 4.61. The van der Waals surface area contributed by atoms with Crippen LogP contribution in [0.15, 0.2) is 4.99 Å². The first-order valence-electron chi connectivity index (χ1n) is 6.14. The number of nitrogens with zero attached hydrogens (tertiary/aromatic N) is 1. The van der Waals surface area contributed by atoms with E-state index in [0.717, 1.165) is 18.1 Å². The molecular formula is C12H26N2S. The minimum atomic E-state index is 0. The summed E-state index contributed by atoms with van der Waals surface area (Å²) < 4.78 is 0. The van der Waals surface area contributed by atoms with Gasteiger partial charge in [-0.05, 0) is 18.8 Å². The summed E-state index contributed by atoms with van der Waals surface area (Å²) in [6.45, 7) is 8.45. The number of fused-ring (bicyclic) bond motifs is 1. The van der Waals surface area contributed by atoms with E-state index in [0.29, 0.717) is 18.0 Å². The Kier molecular flexibility index (Phi) is 5.13. The van der Waals surface area contributed by atoms with Crippen molar-refractivity contribution in [1.82, 2.24) is 0 Å². The summed E-state index contributed by atoms with van der Waals surface area (Å²) >= 11 is 1.97. The molecule has 0 aromatic rings. The Morgan fingerprint density at radius 2 is 2.20 bits per heavy atom. The average Bonchev–Trinajstić information content (AvgIpc) is 2.76. The molecule has 90 valence electrons. The minimum absolute atomic E-state index is 0. The van der Waals surface area contributed by atoms with E-state index in [1.54, 1.807) is 0 Å². The highest BCUT2D eigenvalue weighted by atomic mass is 32.2. The average molecular weight is 230 g/mol. The number of aliphatic imine (C=N–C) groups is 1. The Morgan fingerprint density at radius 3 is 2.67 bits per heavy atom. The van der Waals surface area contributed by atoms with Crippen LogP contribution in [0.4, 0.5) is 0 Å². The van der Waals surface area contributed by atoms with Crippen molar-refractivity contribution in [2.45, 2.75) is 64.3 Å². The topological polar surface area (TPSA) is 38.4 Å². The van der Waals surface area contributed by atoms with Crippen molar-refractivity contribution >= 4 is 16.8 Å². The minimum Gasteiger partial charge on any atom is -0.327 e. The predicted octanol–water partition coefficient (Wildman–Crippen LogP) is 3.31. The molecule has 2 aliphatic rings. The van der Waals surface area contributed by atoms with Gasteiger partial charge in [0, 0.05) is 19.1 Å². The summed E-state index contributed by atoms with van der Waals surface area (Å²) in [5.41, 5.74) is 6.02. The van der Waals surface area contributed by atoms with Crippen LogP contribution in [-0.2, 0) is 0 Å². The van der Waals surface area contributed by atoms with Crippen LogP contribution >= 0.6 is 11.8 Å². The Balaban J connectivity index is 0.000000711. The zero-order valence-corrected chi connectivity index (χ0v) is 11.2. The quantitative estimate of drug-likeness (QED) is 0.804. The van der Waals surface area contributed by atoms with Gasteiger partial charge in [0.1, 0.15) is 0 Å². The SMILES string of the molecule is CC.CC(C)CC(N)CC1=NC2CC2S1.[HH]. The van der Waals surface area contributed by atoms with Gasteiger partial charge in [0.05, 0.1) is 11.1 Å².